The van der Waals surface area contributed by atoms with Crippen LogP contribution in [0.4, 0.5) is 17.2 Å². The number of hydrogen-bond donors (Lipinski definition) is 3. The van der Waals surface area contributed by atoms with Gasteiger partial charge in [0, 0.05) is 48.8 Å². The number of nitrogens with one attached hydrogen (secondary N) is 3. The molecule has 1 amide bonds. The minimum atomic E-state index is 0.0791. The Morgan fingerprint density at radius 3 is 3.11 bits per heavy atom. The summed E-state index contributed by atoms with van der Waals surface area (Å²) in [7, 11) is 0. The molecular formula is C20H22N6O. The van der Waals surface area contributed by atoms with Gasteiger partial charge in [-0.3, -0.25) is 4.79 Å². The molecule has 138 valence electrons. The van der Waals surface area contributed by atoms with E-state index >= 15 is 0 Å². The Morgan fingerprint density at radius 2 is 2.22 bits per heavy atom. The SMILES string of the molecule is O=C1CCCc2ccc(Nc3nc([C@H]4CCNC4)cn4ccnc34)cc2N1. The fourth-order valence-corrected chi connectivity index (χ4v) is 3.92. The smallest absolute Gasteiger partial charge is 0.224 e. The van der Waals surface area contributed by atoms with Crippen LogP contribution in [0.5, 0.6) is 0 Å². The highest BCUT2D eigenvalue weighted by atomic mass is 16.1. The van der Waals surface area contributed by atoms with Crippen LogP contribution in [0.2, 0.25) is 0 Å². The maximum atomic E-state index is 11.9. The number of hydrogen-bond acceptors (Lipinski definition) is 5. The number of benzene rings is 1. The van der Waals surface area contributed by atoms with Crippen molar-refractivity contribution in [3.8, 4) is 0 Å². The Labute approximate surface area is 157 Å². The third-order valence-electron chi connectivity index (χ3n) is 5.37. The Balaban J connectivity index is 1.51. The molecule has 4 heterocycles. The molecule has 0 radical (unpaired) electrons. The van der Waals surface area contributed by atoms with Gasteiger partial charge in [-0.2, -0.15) is 0 Å². The first-order valence-corrected chi connectivity index (χ1v) is 9.50. The number of rotatable bonds is 3. The molecule has 2 aliphatic heterocycles. The van der Waals surface area contributed by atoms with E-state index in [9.17, 15) is 4.79 Å². The number of amides is 1. The lowest BCUT2D eigenvalue weighted by Gasteiger charge is -2.14. The molecule has 1 aromatic carbocycles. The number of aryl methyl sites for hydroxylation is 1. The van der Waals surface area contributed by atoms with Gasteiger partial charge in [-0.25, -0.2) is 9.97 Å². The average Bonchev–Trinajstić information content (AvgIpc) is 3.31. The second kappa shape index (κ2) is 6.66. The fourth-order valence-electron chi connectivity index (χ4n) is 3.92. The third kappa shape index (κ3) is 3.14. The highest BCUT2D eigenvalue weighted by Gasteiger charge is 2.20. The van der Waals surface area contributed by atoms with Crippen molar-refractivity contribution in [1.29, 1.82) is 0 Å². The number of fused-ring (bicyclic) bond motifs is 2. The van der Waals surface area contributed by atoms with Crippen LogP contribution in [-0.2, 0) is 11.2 Å². The minimum Gasteiger partial charge on any atom is -0.337 e. The Hall–Kier alpha value is -2.93. The summed E-state index contributed by atoms with van der Waals surface area (Å²) >= 11 is 0. The predicted octanol–water partition coefficient (Wildman–Crippen LogP) is 2.82. The number of nitrogens with zero attached hydrogens (tertiary/aromatic N) is 3. The summed E-state index contributed by atoms with van der Waals surface area (Å²) in [6, 6.07) is 6.11. The first kappa shape index (κ1) is 16.3. The summed E-state index contributed by atoms with van der Waals surface area (Å²) in [6.45, 7) is 1.99. The quantitative estimate of drug-likeness (QED) is 0.667. The molecule has 5 rings (SSSR count). The van der Waals surface area contributed by atoms with Gasteiger partial charge >= 0.3 is 0 Å². The lowest BCUT2D eigenvalue weighted by molar-refractivity contribution is -0.116. The zero-order valence-electron chi connectivity index (χ0n) is 15.0. The van der Waals surface area contributed by atoms with Crippen molar-refractivity contribution in [2.24, 2.45) is 0 Å². The highest BCUT2D eigenvalue weighted by Crippen LogP contribution is 2.29. The normalized spacial score (nSPS) is 19.6. The lowest BCUT2D eigenvalue weighted by Crippen LogP contribution is -2.11. The first-order valence-electron chi connectivity index (χ1n) is 9.50. The van der Waals surface area contributed by atoms with Crippen LogP contribution in [-0.4, -0.2) is 33.4 Å². The van der Waals surface area contributed by atoms with Crippen LogP contribution in [0.15, 0.2) is 36.8 Å². The first-order chi connectivity index (χ1) is 13.3. The maximum Gasteiger partial charge on any atom is 0.224 e. The van der Waals surface area contributed by atoms with Crippen LogP contribution in [0, 0.1) is 0 Å². The summed E-state index contributed by atoms with van der Waals surface area (Å²) in [5, 5.41) is 9.83. The number of carbonyl (C=O) groups excluding carboxylic acids is 1. The van der Waals surface area contributed by atoms with Crippen LogP contribution in [0.3, 0.4) is 0 Å². The number of anilines is 3. The number of carbonyl (C=O) groups is 1. The largest absolute Gasteiger partial charge is 0.337 e. The van der Waals surface area contributed by atoms with Crippen molar-refractivity contribution in [1.82, 2.24) is 19.7 Å². The second-order valence-electron chi connectivity index (χ2n) is 7.26. The van der Waals surface area contributed by atoms with Gasteiger partial charge in [0.15, 0.2) is 11.5 Å². The van der Waals surface area contributed by atoms with Gasteiger partial charge in [-0.15, -0.1) is 0 Å². The van der Waals surface area contributed by atoms with Gasteiger partial charge in [0.05, 0.1) is 5.69 Å². The second-order valence-corrected chi connectivity index (χ2v) is 7.26. The summed E-state index contributed by atoms with van der Waals surface area (Å²) < 4.78 is 2.02. The van der Waals surface area contributed by atoms with Gasteiger partial charge in [-0.05, 0) is 43.5 Å². The van der Waals surface area contributed by atoms with Gasteiger partial charge in [0.25, 0.3) is 0 Å². The summed E-state index contributed by atoms with van der Waals surface area (Å²) in [5.41, 5.74) is 4.82. The van der Waals surface area contributed by atoms with Crippen LogP contribution in [0.25, 0.3) is 5.65 Å². The van der Waals surface area contributed by atoms with E-state index < -0.39 is 0 Å². The fraction of sp³-hybridized carbons (Fsp3) is 0.350. The standard InChI is InChI=1S/C20H22N6O/c27-18-3-1-2-13-4-5-15(10-16(13)24-18)23-19-20-22-8-9-26(20)12-17(25-19)14-6-7-21-11-14/h4-5,8-10,12,14,21H,1-3,6-7,11H2,(H,23,25)(H,24,27)/t14-/m0/s1. The molecule has 1 fully saturated rings. The van der Waals surface area contributed by atoms with E-state index in [1.807, 2.05) is 22.7 Å². The molecule has 0 bridgehead atoms. The van der Waals surface area contributed by atoms with E-state index in [4.69, 9.17) is 4.98 Å². The van der Waals surface area contributed by atoms with Gasteiger partial charge in [0.2, 0.25) is 5.91 Å². The molecule has 7 heteroatoms. The Kier molecular flexibility index (Phi) is 4.01. The van der Waals surface area contributed by atoms with Crippen LogP contribution in [0.1, 0.15) is 36.4 Å². The van der Waals surface area contributed by atoms with Crippen molar-refractivity contribution in [2.75, 3.05) is 23.7 Å². The van der Waals surface area contributed by atoms with Crippen LogP contribution >= 0.6 is 0 Å². The lowest BCUT2D eigenvalue weighted by atomic mass is 10.1. The summed E-state index contributed by atoms with van der Waals surface area (Å²) in [5.74, 6) is 1.24. The molecule has 0 unspecified atom stereocenters. The Bertz CT molecular complexity index is 1000. The zero-order chi connectivity index (χ0) is 18.2. The van der Waals surface area contributed by atoms with Gasteiger partial charge in [0.1, 0.15) is 0 Å². The van der Waals surface area contributed by atoms with E-state index in [1.165, 1.54) is 5.56 Å². The zero-order valence-corrected chi connectivity index (χ0v) is 15.0. The molecule has 3 N–H and O–H groups in total. The van der Waals surface area contributed by atoms with Crippen molar-refractivity contribution in [2.45, 2.75) is 31.6 Å². The van der Waals surface area contributed by atoms with Crippen molar-refractivity contribution >= 4 is 28.7 Å². The monoisotopic (exact) mass is 362 g/mol. The molecule has 27 heavy (non-hydrogen) atoms. The maximum absolute atomic E-state index is 11.9. The number of aromatic nitrogens is 3. The molecule has 0 saturated carbocycles. The van der Waals surface area contributed by atoms with Crippen molar-refractivity contribution < 1.29 is 4.79 Å². The molecular weight excluding hydrogens is 340 g/mol. The third-order valence-corrected chi connectivity index (χ3v) is 5.37. The summed E-state index contributed by atoms with van der Waals surface area (Å²) in [6.07, 6.45) is 9.28. The highest BCUT2D eigenvalue weighted by molar-refractivity contribution is 5.93. The van der Waals surface area contributed by atoms with Crippen molar-refractivity contribution in [3.63, 3.8) is 0 Å². The van der Waals surface area contributed by atoms with E-state index in [2.05, 4.69) is 33.2 Å². The molecule has 1 atom stereocenters. The van der Waals surface area contributed by atoms with Crippen LogP contribution < -0.4 is 16.0 Å². The molecule has 0 spiro atoms. The van der Waals surface area contributed by atoms with Gasteiger partial charge < -0.3 is 20.4 Å². The van der Waals surface area contributed by atoms with E-state index in [0.29, 0.717) is 12.3 Å². The number of imidazole rings is 1. The van der Waals surface area contributed by atoms with Crippen molar-refractivity contribution in [3.05, 3.63) is 48.0 Å². The van der Waals surface area contributed by atoms with E-state index in [0.717, 1.165) is 60.9 Å². The molecule has 2 aromatic heterocycles. The molecule has 1 saturated heterocycles. The minimum absolute atomic E-state index is 0.0791. The average molecular weight is 362 g/mol. The Morgan fingerprint density at radius 1 is 1.26 bits per heavy atom. The predicted molar refractivity (Wildman–Crippen MR) is 105 cm³/mol. The van der Waals surface area contributed by atoms with Gasteiger partial charge in [-0.1, -0.05) is 6.07 Å². The molecule has 3 aromatic rings. The topological polar surface area (TPSA) is 83.4 Å². The van der Waals surface area contributed by atoms with E-state index in [-0.39, 0.29) is 5.91 Å². The molecule has 0 aliphatic carbocycles. The molecule has 2 aliphatic rings. The van der Waals surface area contributed by atoms with E-state index in [1.54, 1.807) is 6.20 Å². The summed E-state index contributed by atoms with van der Waals surface area (Å²) in [4.78, 5) is 21.2. The molecule has 7 nitrogen and oxygen atoms in total.